The highest BCUT2D eigenvalue weighted by atomic mass is 32.1. The van der Waals surface area contributed by atoms with Gasteiger partial charge in [-0.3, -0.25) is 9.59 Å². The predicted molar refractivity (Wildman–Crippen MR) is 68.5 cm³/mol. The zero-order chi connectivity index (χ0) is 13.1. The second-order valence-corrected chi connectivity index (χ2v) is 5.60. The zero-order valence-electron chi connectivity index (χ0n) is 10.5. The van der Waals surface area contributed by atoms with E-state index in [0.717, 1.165) is 0 Å². The van der Waals surface area contributed by atoms with Gasteiger partial charge in [-0.2, -0.15) is 0 Å². The summed E-state index contributed by atoms with van der Waals surface area (Å²) in [6.07, 6.45) is 0. The minimum Gasteiger partial charge on any atom is -0.304 e. The smallest absolute Gasteiger partial charge is 0.240 e. The lowest BCUT2D eigenvalue weighted by molar-refractivity contribution is -0.115. The molecule has 0 atom stereocenters. The summed E-state index contributed by atoms with van der Waals surface area (Å²) >= 11 is 1.25. The van der Waals surface area contributed by atoms with Crippen molar-refractivity contribution in [1.82, 2.24) is 10.3 Å². The molecule has 0 aliphatic heterocycles. The summed E-state index contributed by atoms with van der Waals surface area (Å²) in [5.41, 5.74) is 0.277. The quantitative estimate of drug-likeness (QED) is 0.803. The molecule has 0 spiro atoms. The fraction of sp³-hybridized carbons (Fsp3) is 0.545. The third kappa shape index (κ3) is 5.06. The zero-order valence-corrected chi connectivity index (χ0v) is 11.3. The summed E-state index contributed by atoms with van der Waals surface area (Å²) in [5.74, 6) is -0.265. The first-order valence-electron chi connectivity index (χ1n) is 5.29. The van der Waals surface area contributed by atoms with E-state index in [9.17, 15) is 9.59 Å². The number of hydrogen-bond acceptors (Lipinski definition) is 5. The Balaban J connectivity index is 2.48. The van der Waals surface area contributed by atoms with Gasteiger partial charge in [0.05, 0.1) is 6.54 Å². The lowest BCUT2D eigenvalue weighted by atomic mass is 10.1. The third-order valence-corrected chi connectivity index (χ3v) is 2.65. The molecule has 1 heterocycles. The van der Waals surface area contributed by atoms with E-state index in [0.29, 0.717) is 10.8 Å². The molecule has 0 saturated heterocycles. The molecule has 0 unspecified atom stereocenters. The molecule has 2 N–H and O–H groups in total. The minimum absolute atomic E-state index is 0.102. The average molecular weight is 255 g/mol. The number of rotatable bonds is 4. The third-order valence-electron chi connectivity index (χ3n) is 1.89. The topological polar surface area (TPSA) is 71.1 Å². The van der Waals surface area contributed by atoms with Crippen LogP contribution in [0.5, 0.6) is 0 Å². The SMILES string of the molecule is CC(=O)c1csc(NC(=O)CNC(C)(C)C)n1. The van der Waals surface area contributed by atoms with Crippen molar-refractivity contribution < 1.29 is 9.59 Å². The molecule has 17 heavy (non-hydrogen) atoms. The molecule has 1 aromatic rings. The molecule has 6 heteroatoms. The lowest BCUT2D eigenvalue weighted by Gasteiger charge is -2.19. The molecule has 1 aromatic heterocycles. The molecular formula is C11H17N3O2S. The highest BCUT2D eigenvalue weighted by molar-refractivity contribution is 7.14. The molecule has 0 aliphatic carbocycles. The first kappa shape index (κ1) is 13.8. The van der Waals surface area contributed by atoms with E-state index in [2.05, 4.69) is 15.6 Å². The number of Topliss-reactive ketones (excluding diaryl/α,β-unsaturated/α-hetero) is 1. The molecule has 0 saturated carbocycles. The number of ketones is 1. The minimum atomic E-state index is -0.163. The lowest BCUT2D eigenvalue weighted by Crippen LogP contribution is -2.41. The second-order valence-electron chi connectivity index (χ2n) is 4.75. The molecule has 1 amide bonds. The van der Waals surface area contributed by atoms with E-state index in [1.807, 2.05) is 20.8 Å². The van der Waals surface area contributed by atoms with Crippen molar-refractivity contribution >= 4 is 28.2 Å². The van der Waals surface area contributed by atoms with E-state index in [1.165, 1.54) is 18.3 Å². The Kier molecular flexibility index (Phi) is 4.36. The van der Waals surface area contributed by atoms with Crippen molar-refractivity contribution in [2.45, 2.75) is 33.2 Å². The standard InChI is InChI=1S/C11H17N3O2S/c1-7(15)8-6-17-10(13-8)14-9(16)5-12-11(2,3)4/h6,12H,5H2,1-4H3,(H,13,14,16). The molecule has 0 bridgehead atoms. The van der Waals surface area contributed by atoms with Crippen LogP contribution in [0.1, 0.15) is 38.2 Å². The van der Waals surface area contributed by atoms with Crippen LogP contribution in [0.3, 0.4) is 0 Å². The van der Waals surface area contributed by atoms with Crippen LogP contribution in [-0.2, 0) is 4.79 Å². The molecular weight excluding hydrogens is 238 g/mol. The molecule has 0 radical (unpaired) electrons. The van der Waals surface area contributed by atoms with Crippen molar-refractivity contribution in [3.63, 3.8) is 0 Å². The number of thiazole rings is 1. The van der Waals surface area contributed by atoms with Gasteiger partial charge in [-0.25, -0.2) is 4.98 Å². The molecule has 5 nitrogen and oxygen atoms in total. The Morgan fingerprint density at radius 2 is 2.06 bits per heavy atom. The monoisotopic (exact) mass is 255 g/mol. The molecule has 0 aliphatic rings. The number of carbonyl (C=O) groups excluding carboxylic acids is 2. The largest absolute Gasteiger partial charge is 0.304 e. The van der Waals surface area contributed by atoms with Crippen LogP contribution in [0.15, 0.2) is 5.38 Å². The fourth-order valence-electron chi connectivity index (χ4n) is 1.00. The van der Waals surface area contributed by atoms with E-state index >= 15 is 0 Å². The number of amides is 1. The Labute approximate surface area is 105 Å². The van der Waals surface area contributed by atoms with Crippen LogP contribution in [0.4, 0.5) is 5.13 Å². The number of aromatic nitrogens is 1. The predicted octanol–water partition coefficient (Wildman–Crippen LogP) is 1.67. The summed E-state index contributed by atoms with van der Waals surface area (Å²) in [6.45, 7) is 7.62. The number of nitrogens with zero attached hydrogens (tertiary/aromatic N) is 1. The van der Waals surface area contributed by atoms with Crippen LogP contribution >= 0.6 is 11.3 Å². The van der Waals surface area contributed by atoms with Gasteiger partial charge in [0, 0.05) is 17.8 Å². The second kappa shape index (κ2) is 5.37. The highest BCUT2D eigenvalue weighted by Gasteiger charge is 2.13. The van der Waals surface area contributed by atoms with Gasteiger partial charge in [0.2, 0.25) is 5.91 Å². The van der Waals surface area contributed by atoms with Gasteiger partial charge in [-0.1, -0.05) is 0 Å². The molecule has 1 rings (SSSR count). The van der Waals surface area contributed by atoms with Gasteiger partial charge in [0.1, 0.15) is 5.69 Å². The van der Waals surface area contributed by atoms with Crippen LogP contribution in [-0.4, -0.2) is 28.8 Å². The van der Waals surface area contributed by atoms with Gasteiger partial charge < -0.3 is 10.6 Å². The molecule has 94 valence electrons. The summed E-state index contributed by atoms with van der Waals surface area (Å²) in [5, 5.41) is 7.80. The van der Waals surface area contributed by atoms with Gasteiger partial charge >= 0.3 is 0 Å². The van der Waals surface area contributed by atoms with Crippen molar-refractivity contribution in [2.24, 2.45) is 0 Å². The first-order chi connectivity index (χ1) is 7.78. The van der Waals surface area contributed by atoms with Crippen molar-refractivity contribution in [2.75, 3.05) is 11.9 Å². The number of carbonyl (C=O) groups is 2. The highest BCUT2D eigenvalue weighted by Crippen LogP contribution is 2.15. The Morgan fingerprint density at radius 3 is 2.53 bits per heavy atom. The average Bonchev–Trinajstić information content (AvgIpc) is 2.62. The van der Waals surface area contributed by atoms with Gasteiger partial charge in [-0.15, -0.1) is 11.3 Å². The van der Waals surface area contributed by atoms with Crippen LogP contribution in [0.2, 0.25) is 0 Å². The summed E-state index contributed by atoms with van der Waals surface area (Å²) in [6, 6.07) is 0. The Bertz CT molecular complexity index is 421. The van der Waals surface area contributed by atoms with Crippen molar-refractivity contribution in [3.8, 4) is 0 Å². The van der Waals surface area contributed by atoms with Crippen LogP contribution < -0.4 is 10.6 Å². The van der Waals surface area contributed by atoms with E-state index in [1.54, 1.807) is 5.38 Å². The van der Waals surface area contributed by atoms with E-state index < -0.39 is 0 Å². The molecule has 0 fully saturated rings. The Hall–Kier alpha value is -1.27. The maximum absolute atomic E-state index is 11.5. The number of anilines is 1. The normalized spacial score (nSPS) is 11.3. The summed E-state index contributed by atoms with van der Waals surface area (Å²) < 4.78 is 0. The van der Waals surface area contributed by atoms with Crippen LogP contribution in [0.25, 0.3) is 0 Å². The fourth-order valence-corrected chi connectivity index (χ4v) is 1.77. The first-order valence-corrected chi connectivity index (χ1v) is 6.17. The summed E-state index contributed by atoms with van der Waals surface area (Å²) in [4.78, 5) is 26.6. The van der Waals surface area contributed by atoms with Gasteiger partial charge in [-0.05, 0) is 20.8 Å². The van der Waals surface area contributed by atoms with Crippen molar-refractivity contribution in [1.29, 1.82) is 0 Å². The maximum Gasteiger partial charge on any atom is 0.240 e. The maximum atomic E-state index is 11.5. The Morgan fingerprint density at radius 1 is 1.41 bits per heavy atom. The number of nitrogens with one attached hydrogen (secondary N) is 2. The molecule has 0 aromatic carbocycles. The summed E-state index contributed by atoms with van der Waals surface area (Å²) in [7, 11) is 0. The van der Waals surface area contributed by atoms with E-state index in [-0.39, 0.29) is 23.8 Å². The number of hydrogen-bond donors (Lipinski definition) is 2. The van der Waals surface area contributed by atoms with Crippen molar-refractivity contribution in [3.05, 3.63) is 11.1 Å². The van der Waals surface area contributed by atoms with Crippen LogP contribution in [0, 0.1) is 0 Å². The van der Waals surface area contributed by atoms with Gasteiger partial charge in [0.25, 0.3) is 0 Å². The van der Waals surface area contributed by atoms with Gasteiger partial charge in [0.15, 0.2) is 10.9 Å². The van der Waals surface area contributed by atoms with E-state index in [4.69, 9.17) is 0 Å².